The fourth-order valence-corrected chi connectivity index (χ4v) is 2.88. The number of nitrogens with two attached hydrogens (primary N) is 1. The number of hydrogen-bond donors (Lipinski definition) is 1. The fourth-order valence-electron chi connectivity index (χ4n) is 1.61. The molecule has 1 atom stereocenters. The summed E-state index contributed by atoms with van der Waals surface area (Å²) < 4.78 is 22.7. The molecule has 1 fully saturated rings. The Balaban J connectivity index is 2.62. The third-order valence-corrected chi connectivity index (χ3v) is 4.24. The summed E-state index contributed by atoms with van der Waals surface area (Å²) in [6.45, 7) is 0.662. The van der Waals surface area contributed by atoms with Crippen molar-refractivity contribution in [2.45, 2.75) is 18.9 Å². The molecule has 6 heteroatoms. The van der Waals surface area contributed by atoms with Crippen LogP contribution in [0.5, 0.6) is 0 Å². The van der Waals surface area contributed by atoms with Crippen molar-refractivity contribution in [3.63, 3.8) is 0 Å². The van der Waals surface area contributed by atoms with E-state index in [0.717, 1.165) is 0 Å². The molecule has 0 bridgehead atoms. The van der Waals surface area contributed by atoms with E-state index in [4.69, 9.17) is 12.2 Å². The smallest absolute Gasteiger partial charge is 0.240 e. The van der Waals surface area contributed by atoms with Crippen LogP contribution in [0.3, 0.4) is 0 Å². The largest absolute Gasteiger partial charge is 0.340 e. The second-order valence-electron chi connectivity index (χ2n) is 3.85. The maximum Gasteiger partial charge on any atom is 0.240 e. The van der Waals surface area contributed by atoms with E-state index in [2.05, 4.69) is 5.92 Å². The zero-order valence-corrected chi connectivity index (χ0v) is 9.87. The first kappa shape index (κ1) is 13.0. The van der Waals surface area contributed by atoms with E-state index in [9.17, 15) is 13.2 Å². The van der Waals surface area contributed by atoms with Gasteiger partial charge in [-0.3, -0.25) is 4.79 Å². The van der Waals surface area contributed by atoms with Gasteiger partial charge in [-0.15, -0.1) is 12.3 Å². The van der Waals surface area contributed by atoms with Gasteiger partial charge in [-0.25, -0.2) is 8.42 Å². The first-order valence-corrected chi connectivity index (χ1v) is 6.96. The Morgan fingerprint density at radius 1 is 1.44 bits per heavy atom. The van der Waals surface area contributed by atoms with Crippen molar-refractivity contribution in [2.75, 3.05) is 24.6 Å². The Labute approximate surface area is 95.9 Å². The lowest BCUT2D eigenvalue weighted by Gasteiger charge is -2.22. The average Bonchev–Trinajstić information content (AvgIpc) is 2.39. The molecule has 1 rings (SSSR count). The highest BCUT2D eigenvalue weighted by molar-refractivity contribution is 7.91. The first-order valence-electron chi connectivity index (χ1n) is 5.14. The summed E-state index contributed by atoms with van der Waals surface area (Å²) in [7, 11) is -3.00. The first-order chi connectivity index (χ1) is 7.46. The molecule has 16 heavy (non-hydrogen) atoms. The van der Waals surface area contributed by atoms with Gasteiger partial charge in [-0.2, -0.15) is 0 Å². The van der Waals surface area contributed by atoms with Gasteiger partial charge in [-0.1, -0.05) is 0 Å². The number of rotatable bonds is 2. The number of hydrogen-bond acceptors (Lipinski definition) is 4. The molecule has 90 valence electrons. The van der Waals surface area contributed by atoms with E-state index in [0.29, 0.717) is 13.0 Å². The second kappa shape index (κ2) is 5.32. The van der Waals surface area contributed by atoms with Crippen LogP contribution in [0.4, 0.5) is 0 Å². The van der Waals surface area contributed by atoms with E-state index >= 15 is 0 Å². The Kier molecular flexibility index (Phi) is 4.33. The van der Waals surface area contributed by atoms with Crippen LogP contribution in [0.1, 0.15) is 12.8 Å². The summed E-state index contributed by atoms with van der Waals surface area (Å²) >= 11 is 0. The molecule has 0 aromatic carbocycles. The Morgan fingerprint density at radius 2 is 2.12 bits per heavy atom. The van der Waals surface area contributed by atoms with Gasteiger partial charge in [0.2, 0.25) is 5.91 Å². The van der Waals surface area contributed by atoms with Crippen LogP contribution in [0.2, 0.25) is 0 Å². The Bertz CT molecular complexity index is 397. The van der Waals surface area contributed by atoms with E-state index in [-0.39, 0.29) is 30.4 Å². The minimum atomic E-state index is -3.00. The zero-order valence-electron chi connectivity index (χ0n) is 9.05. The summed E-state index contributed by atoms with van der Waals surface area (Å²) in [4.78, 5) is 13.3. The van der Waals surface area contributed by atoms with Gasteiger partial charge < -0.3 is 10.6 Å². The van der Waals surface area contributed by atoms with Crippen LogP contribution in [0.25, 0.3) is 0 Å². The van der Waals surface area contributed by atoms with E-state index in [1.54, 1.807) is 0 Å². The molecule has 1 aliphatic rings. The Morgan fingerprint density at radius 3 is 2.75 bits per heavy atom. The molecule has 0 radical (unpaired) electrons. The minimum Gasteiger partial charge on any atom is -0.340 e. The normalized spacial score (nSPS) is 21.9. The van der Waals surface area contributed by atoms with Gasteiger partial charge >= 0.3 is 0 Å². The van der Waals surface area contributed by atoms with Crippen molar-refractivity contribution >= 4 is 15.7 Å². The molecule has 1 aliphatic heterocycles. The van der Waals surface area contributed by atoms with Crippen molar-refractivity contribution in [3.8, 4) is 12.3 Å². The summed E-state index contributed by atoms with van der Waals surface area (Å²) in [6, 6.07) is -0.717. The molecule has 2 N–H and O–H groups in total. The van der Waals surface area contributed by atoms with E-state index in [1.165, 1.54) is 4.90 Å². The maximum absolute atomic E-state index is 11.8. The predicted molar refractivity (Wildman–Crippen MR) is 61.3 cm³/mol. The van der Waals surface area contributed by atoms with E-state index in [1.807, 2.05) is 0 Å². The van der Waals surface area contributed by atoms with Gasteiger partial charge in [0.1, 0.15) is 0 Å². The van der Waals surface area contributed by atoms with Gasteiger partial charge in [0.05, 0.1) is 17.5 Å². The van der Waals surface area contributed by atoms with Gasteiger partial charge in [-0.05, 0) is 6.42 Å². The summed E-state index contributed by atoms with van der Waals surface area (Å²) in [5.74, 6) is 2.23. The lowest BCUT2D eigenvalue weighted by molar-refractivity contribution is -0.132. The number of sulfone groups is 1. The second-order valence-corrected chi connectivity index (χ2v) is 6.15. The van der Waals surface area contributed by atoms with Gasteiger partial charge in [0.15, 0.2) is 9.84 Å². The molecule has 1 heterocycles. The summed E-state index contributed by atoms with van der Waals surface area (Å²) in [6.07, 6.45) is 5.73. The quantitative estimate of drug-likeness (QED) is 0.631. The van der Waals surface area contributed by atoms with E-state index < -0.39 is 15.9 Å². The van der Waals surface area contributed by atoms with Crippen molar-refractivity contribution in [1.29, 1.82) is 0 Å². The molecule has 0 saturated carbocycles. The minimum absolute atomic E-state index is 0.0154. The van der Waals surface area contributed by atoms with Crippen molar-refractivity contribution < 1.29 is 13.2 Å². The number of amides is 1. The monoisotopic (exact) mass is 244 g/mol. The van der Waals surface area contributed by atoms with Crippen molar-refractivity contribution in [3.05, 3.63) is 0 Å². The Hall–Kier alpha value is -1.06. The third kappa shape index (κ3) is 3.51. The van der Waals surface area contributed by atoms with Gasteiger partial charge in [0.25, 0.3) is 0 Å². The van der Waals surface area contributed by atoms with Crippen LogP contribution >= 0.6 is 0 Å². The summed E-state index contributed by atoms with van der Waals surface area (Å²) in [5, 5.41) is 0. The van der Waals surface area contributed by atoms with Crippen LogP contribution in [0, 0.1) is 12.3 Å². The average molecular weight is 244 g/mol. The fraction of sp³-hybridized carbons (Fsp3) is 0.700. The zero-order chi connectivity index (χ0) is 12.2. The van der Waals surface area contributed by atoms with Crippen LogP contribution in [0.15, 0.2) is 0 Å². The molecule has 0 aromatic heterocycles. The van der Waals surface area contributed by atoms with Gasteiger partial charge in [0, 0.05) is 19.5 Å². The molecular weight excluding hydrogens is 228 g/mol. The highest BCUT2D eigenvalue weighted by atomic mass is 32.2. The predicted octanol–water partition coefficient (Wildman–Crippen LogP) is -1.02. The SMILES string of the molecule is C#CCC(N)C(=O)N1CCCS(=O)(=O)CC1. The molecule has 0 spiro atoms. The number of carbonyl (C=O) groups is 1. The topological polar surface area (TPSA) is 80.5 Å². The van der Waals surface area contributed by atoms with Crippen LogP contribution in [-0.2, 0) is 14.6 Å². The molecule has 0 aliphatic carbocycles. The molecular formula is C10H16N2O3S. The van der Waals surface area contributed by atoms with Crippen LogP contribution < -0.4 is 5.73 Å². The number of carbonyl (C=O) groups excluding carboxylic acids is 1. The molecule has 0 aromatic rings. The van der Waals surface area contributed by atoms with Crippen molar-refractivity contribution in [1.82, 2.24) is 4.90 Å². The molecule has 1 saturated heterocycles. The standard InChI is InChI=1S/C10H16N2O3S/c1-2-4-9(11)10(13)12-5-3-7-16(14,15)8-6-12/h1,9H,3-8,11H2. The maximum atomic E-state index is 11.8. The number of terminal acetylenes is 1. The molecule has 1 unspecified atom stereocenters. The third-order valence-electron chi connectivity index (χ3n) is 2.52. The molecule has 5 nitrogen and oxygen atoms in total. The number of nitrogens with zero attached hydrogens (tertiary/aromatic N) is 1. The highest BCUT2D eigenvalue weighted by Crippen LogP contribution is 2.07. The lowest BCUT2D eigenvalue weighted by Crippen LogP contribution is -2.44. The lowest BCUT2D eigenvalue weighted by atomic mass is 10.2. The summed E-state index contributed by atoms with van der Waals surface area (Å²) in [5.41, 5.74) is 5.59. The van der Waals surface area contributed by atoms with Crippen molar-refractivity contribution in [2.24, 2.45) is 5.73 Å². The van der Waals surface area contributed by atoms with Crippen LogP contribution in [-0.4, -0.2) is 49.9 Å². The molecule has 1 amide bonds. The highest BCUT2D eigenvalue weighted by Gasteiger charge is 2.25.